The molecule has 1 aliphatic heterocycles. The Hall–Kier alpha value is -2.30. The largest absolute Gasteiger partial charge is 0.463 e. The van der Waals surface area contributed by atoms with E-state index in [2.05, 4.69) is 5.32 Å². The number of nitrogens with one attached hydrogen (secondary N) is 1. The van der Waals surface area contributed by atoms with Crippen LogP contribution in [0.1, 0.15) is 44.6 Å². The van der Waals surface area contributed by atoms with Crippen LogP contribution in [0.15, 0.2) is 41.6 Å². The molecule has 5 nitrogen and oxygen atoms in total. The number of amides is 1. The van der Waals surface area contributed by atoms with Crippen molar-refractivity contribution in [2.75, 3.05) is 13.2 Å². The zero-order valence-electron chi connectivity index (χ0n) is 14.8. The van der Waals surface area contributed by atoms with Crippen molar-refractivity contribution in [2.45, 2.75) is 51.6 Å². The molecule has 1 saturated carbocycles. The highest BCUT2D eigenvalue weighted by molar-refractivity contribution is 6.06. The summed E-state index contributed by atoms with van der Waals surface area (Å²) >= 11 is 0. The quantitative estimate of drug-likeness (QED) is 0.808. The third kappa shape index (κ3) is 4.03. The number of nitrogens with zero attached hydrogens (tertiary/aromatic N) is 1. The molecule has 1 aromatic rings. The number of ether oxygens (including phenoxy) is 1. The smallest absolute Gasteiger partial charge is 0.338 e. The molecular formula is C20H26N2O3. The SMILES string of the molecule is CCOC(=O)C1=C(NCc2ccccc2)C(=O)N(C2CCCCC2)C1. The predicted molar refractivity (Wildman–Crippen MR) is 95.5 cm³/mol. The van der Waals surface area contributed by atoms with Crippen LogP contribution in [-0.2, 0) is 20.9 Å². The molecule has 0 bridgehead atoms. The van der Waals surface area contributed by atoms with Crippen molar-refractivity contribution in [3.05, 3.63) is 47.2 Å². The van der Waals surface area contributed by atoms with Crippen molar-refractivity contribution in [1.82, 2.24) is 10.2 Å². The highest BCUT2D eigenvalue weighted by Gasteiger charge is 2.38. The van der Waals surface area contributed by atoms with Crippen LogP contribution in [0.3, 0.4) is 0 Å². The summed E-state index contributed by atoms with van der Waals surface area (Å²) in [5, 5.41) is 3.19. The molecular weight excluding hydrogens is 316 g/mol. The van der Waals surface area contributed by atoms with E-state index in [0.29, 0.717) is 31.0 Å². The molecule has 0 saturated heterocycles. The highest BCUT2D eigenvalue weighted by Crippen LogP contribution is 2.29. The Morgan fingerprint density at radius 1 is 1.20 bits per heavy atom. The molecule has 25 heavy (non-hydrogen) atoms. The lowest BCUT2D eigenvalue weighted by atomic mass is 9.94. The van der Waals surface area contributed by atoms with E-state index in [4.69, 9.17) is 4.74 Å². The molecule has 2 aliphatic rings. The van der Waals surface area contributed by atoms with E-state index >= 15 is 0 Å². The Kier molecular flexibility index (Phi) is 5.74. The minimum atomic E-state index is -0.385. The molecule has 3 rings (SSSR count). The van der Waals surface area contributed by atoms with Gasteiger partial charge in [-0.15, -0.1) is 0 Å². The van der Waals surface area contributed by atoms with Gasteiger partial charge < -0.3 is 15.0 Å². The Bertz CT molecular complexity index is 648. The van der Waals surface area contributed by atoms with Gasteiger partial charge in [-0.1, -0.05) is 49.6 Å². The number of hydrogen-bond acceptors (Lipinski definition) is 4. The maximum absolute atomic E-state index is 12.9. The molecule has 1 fully saturated rings. The average Bonchev–Trinajstić information content (AvgIpc) is 2.98. The van der Waals surface area contributed by atoms with E-state index in [1.54, 1.807) is 6.92 Å². The first-order chi connectivity index (χ1) is 12.2. The van der Waals surface area contributed by atoms with Gasteiger partial charge in [-0.05, 0) is 25.3 Å². The molecule has 1 N–H and O–H groups in total. The monoisotopic (exact) mass is 342 g/mol. The number of esters is 1. The van der Waals surface area contributed by atoms with Crippen LogP contribution in [0.4, 0.5) is 0 Å². The molecule has 0 aromatic heterocycles. The summed E-state index contributed by atoms with van der Waals surface area (Å²) in [4.78, 5) is 27.1. The number of carbonyl (C=O) groups is 2. The molecule has 1 heterocycles. The van der Waals surface area contributed by atoms with Crippen molar-refractivity contribution < 1.29 is 14.3 Å². The molecule has 1 aliphatic carbocycles. The second-order valence-corrected chi connectivity index (χ2v) is 6.64. The fourth-order valence-corrected chi connectivity index (χ4v) is 3.63. The van der Waals surface area contributed by atoms with Crippen LogP contribution in [-0.4, -0.2) is 36.0 Å². The van der Waals surface area contributed by atoms with Crippen LogP contribution in [0.5, 0.6) is 0 Å². The van der Waals surface area contributed by atoms with Gasteiger partial charge in [0.1, 0.15) is 5.70 Å². The Morgan fingerprint density at radius 3 is 2.60 bits per heavy atom. The van der Waals surface area contributed by atoms with Gasteiger partial charge in [0.05, 0.1) is 18.7 Å². The van der Waals surface area contributed by atoms with Gasteiger partial charge in [-0.25, -0.2) is 4.79 Å². The first-order valence-electron chi connectivity index (χ1n) is 9.19. The molecule has 0 radical (unpaired) electrons. The number of benzene rings is 1. The molecule has 1 aromatic carbocycles. The van der Waals surface area contributed by atoms with E-state index in [-0.39, 0.29) is 17.9 Å². The summed E-state index contributed by atoms with van der Waals surface area (Å²) in [7, 11) is 0. The average molecular weight is 342 g/mol. The third-order valence-corrected chi connectivity index (χ3v) is 4.95. The Morgan fingerprint density at radius 2 is 1.92 bits per heavy atom. The molecule has 0 unspecified atom stereocenters. The fraction of sp³-hybridized carbons (Fsp3) is 0.500. The van der Waals surface area contributed by atoms with Crippen molar-refractivity contribution in [3.8, 4) is 0 Å². The van der Waals surface area contributed by atoms with Crippen LogP contribution in [0.25, 0.3) is 0 Å². The van der Waals surface area contributed by atoms with E-state index in [9.17, 15) is 9.59 Å². The van der Waals surface area contributed by atoms with Gasteiger partial charge in [0, 0.05) is 12.6 Å². The molecule has 0 atom stereocenters. The topological polar surface area (TPSA) is 58.6 Å². The standard InChI is InChI=1S/C20H26N2O3/c1-2-25-20(24)17-14-22(16-11-7-4-8-12-16)19(23)18(17)21-13-15-9-5-3-6-10-15/h3,5-6,9-10,16,21H,2,4,7-8,11-14H2,1H3. The lowest BCUT2D eigenvalue weighted by Crippen LogP contribution is -2.40. The summed E-state index contributed by atoms with van der Waals surface area (Å²) in [5.41, 5.74) is 1.95. The molecule has 134 valence electrons. The summed E-state index contributed by atoms with van der Waals surface area (Å²) in [6.45, 7) is 2.97. The molecule has 5 heteroatoms. The first-order valence-corrected chi connectivity index (χ1v) is 9.19. The van der Waals surface area contributed by atoms with E-state index < -0.39 is 0 Å². The summed E-state index contributed by atoms with van der Waals surface area (Å²) in [6, 6.07) is 10.1. The maximum atomic E-state index is 12.9. The second-order valence-electron chi connectivity index (χ2n) is 6.64. The van der Waals surface area contributed by atoms with E-state index in [1.807, 2.05) is 35.2 Å². The van der Waals surface area contributed by atoms with Crippen molar-refractivity contribution in [1.29, 1.82) is 0 Å². The van der Waals surface area contributed by atoms with Crippen molar-refractivity contribution in [3.63, 3.8) is 0 Å². The Labute approximate surface area is 149 Å². The van der Waals surface area contributed by atoms with E-state index in [0.717, 1.165) is 31.2 Å². The number of rotatable bonds is 6. The van der Waals surface area contributed by atoms with Crippen LogP contribution in [0, 0.1) is 0 Å². The summed E-state index contributed by atoms with van der Waals surface area (Å²) in [6.07, 6.45) is 5.57. The minimum absolute atomic E-state index is 0.0640. The summed E-state index contributed by atoms with van der Waals surface area (Å²) in [5.74, 6) is -0.449. The van der Waals surface area contributed by atoms with Crippen molar-refractivity contribution >= 4 is 11.9 Å². The minimum Gasteiger partial charge on any atom is -0.463 e. The van der Waals surface area contributed by atoms with Gasteiger partial charge in [-0.3, -0.25) is 4.79 Å². The van der Waals surface area contributed by atoms with Crippen LogP contribution in [0.2, 0.25) is 0 Å². The second kappa shape index (κ2) is 8.19. The fourth-order valence-electron chi connectivity index (χ4n) is 3.63. The highest BCUT2D eigenvalue weighted by atomic mass is 16.5. The normalized spacial score (nSPS) is 18.6. The number of hydrogen-bond donors (Lipinski definition) is 1. The lowest BCUT2D eigenvalue weighted by molar-refractivity contribution is -0.138. The Balaban J connectivity index is 1.76. The number of carbonyl (C=O) groups excluding carboxylic acids is 2. The first kappa shape index (κ1) is 17.5. The zero-order valence-corrected chi connectivity index (χ0v) is 14.8. The maximum Gasteiger partial charge on any atom is 0.338 e. The third-order valence-electron chi connectivity index (χ3n) is 4.95. The van der Waals surface area contributed by atoms with Gasteiger partial charge in [-0.2, -0.15) is 0 Å². The van der Waals surface area contributed by atoms with E-state index in [1.165, 1.54) is 6.42 Å². The summed E-state index contributed by atoms with van der Waals surface area (Å²) < 4.78 is 5.18. The van der Waals surface area contributed by atoms with Crippen molar-refractivity contribution in [2.24, 2.45) is 0 Å². The van der Waals surface area contributed by atoms with Crippen LogP contribution >= 0.6 is 0 Å². The van der Waals surface area contributed by atoms with Gasteiger partial charge in [0.15, 0.2) is 0 Å². The van der Waals surface area contributed by atoms with Gasteiger partial charge in [0.2, 0.25) is 0 Å². The van der Waals surface area contributed by atoms with Gasteiger partial charge in [0.25, 0.3) is 5.91 Å². The van der Waals surface area contributed by atoms with Gasteiger partial charge >= 0.3 is 5.97 Å². The predicted octanol–water partition coefficient (Wildman–Crippen LogP) is 2.77. The van der Waals surface area contributed by atoms with Crippen LogP contribution < -0.4 is 5.32 Å². The molecule has 0 spiro atoms. The lowest BCUT2D eigenvalue weighted by Gasteiger charge is -2.31. The molecule has 1 amide bonds. The zero-order chi connectivity index (χ0) is 17.6.